The summed E-state index contributed by atoms with van der Waals surface area (Å²) in [4.78, 5) is 4.94. The van der Waals surface area contributed by atoms with Crippen molar-refractivity contribution in [3.63, 3.8) is 0 Å². The smallest absolute Gasteiger partial charge is 0.131 e. The average Bonchev–Trinajstić information content (AvgIpc) is 3.23. The third kappa shape index (κ3) is 3.37. The third-order valence-electron chi connectivity index (χ3n) is 4.31. The molecule has 0 unspecified atom stereocenters. The SMILES string of the molecule is Fc1ccc2c(c1)[C@@H](OCc1c(F)cccc1F)[C@H](Cn1ccnc1)S2. The molecule has 0 fully saturated rings. The number of aromatic nitrogens is 2. The van der Waals surface area contributed by atoms with Crippen molar-refractivity contribution in [2.45, 2.75) is 29.4 Å². The van der Waals surface area contributed by atoms with E-state index in [-0.39, 0.29) is 23.2 Å². The van der Waals surface area contributed by atoms with Gasteiger partial charge >= 0.3 is 0 Å². The lowest BCUT2D eigenvalue weighted by molar-refractivity contribution is 0.0333. The minimum absolute atomic E-state index is 0.0594. The van der Waals surface area contributed by atoms with Crippen LogP contribution in [-0.4, -0.2) is 14.8 Å². The Hall–Kier alpha value is -2.25. The van der Waals surface area contributed by atoms with Crippen LogP contribution in [0.5, 0.6) is 0 Å². The van der Waals surface area contributed by atoms with Gasteiger partial charge in [-0.1, -0.05) is 6.07 Å². The standard InChI is InChI=1S/C19H15F3N2OS/c20-12-4-5-17-13(8-12)19(18(26-17)9-24-7-6-23-11-24)25-10-14-15(21)2-1-3-16(14)22/h1-8,11,18-19H,9-10H2/t18-,19+/m0/s1. The van der Waals surface area contributed by atoms with Gasteiger partial charge in [-0.2, -0.15) is 0 Å². The highest BCUT2D eigenvalue weighted by atomic mass is 32.2. The van der Waals surface area contributed by atoms with Crippen LogP contribution in [0.3, 0.4) is 0 Å². The fraction of sp³-hybridized carbons (Fsp3) is 0.211. The van der Waals surface area contributed by atoms with Gasteiger partial charge in [-0.15, -0.1) is 11.8 Å². The molecule has 0 spiro atoms. The maximum absolute atomic E-state index is 13.9. The van der Waals surface area contributed by atoms with Crippen LogP contribution in [0.1, 0.15) is 17.2 Å². The Morgan fingerprint density at radius 1 is 1.12 bits per heavy atom. The van der Waals surface area contributed by atoms with Crippen molar-refractivity contribution < 1.29 is 17.9 Å². The minimum Gasteiger partial charge on any atom is -0.367 e. The lowest BCUT2D eigenvalue weighted by Crippen LogP contribution is -2.20. The van der Waals surface area contributed by atoms with Crippen molar-refractivity contribution in [3.8, 4) is 0 Å². The Kier molecular flexibility index (Phi) is 4.74. The van der Waals surface area contributed by atoms with Crippen molar-refractivity contribution in [1.82, 2.24) is 9.55 Å². The molecule has 0 bridgehead atoms. The lowest BCUT2D eigenvalue weighted by atomic mass is 10.1. The van der Waals surface area contributed by atoms with Gasteiger partial charge in [-0.05, 0) is 35.9 Å². The highest BCUT2D eigenvalue weighted by molar-refractivity contribution is 8.00. The quantitative estimate of drug-likeness (QED) is 0.644. The summed E-state index contributed by atoms with van der Waals surface area (Å²) in [6.07, 6.45) is 4.72. The molecule has 0 aliphatic carbocycles. The third-order valence-corrected chi connectivity index (χ3v) is 5.64. The molecule has 3 aromatic rings. The van der Waals surface area contributed by atoms with Crippen molar-refractivity contribution in [2.75, 3.05) is 0 Å². The van der Waals surface area contributed by atoms with Gasteiger partial charge in [0.1, 0.15) is 17.5 Å². The van der Waals surface area contributed by atoms with E-state index in [0.717, 1.165) is 4.90 Å². The Labute approximate surface area is 152 Å². The number of ether oxygens (including phenoxy) is 1. The summed E-state index contributed by atoms with van der Waals surface area (Å²) in [6, 6.07) is 8.25. The van der Waals surface area contributed by atoms with E-state index in [1.165, 1.54) is 30.3 Å². The van der Waals surface area contributed by atoms with Crippen LogP contribution >= 0.6 is 11.8 Å². The van der Waals surface area contributed by atoms with Gasteiger partial charge in [0.25, 0.3) is 0 Å². The Balaban J connectivity index is 1.60. The molecule has 1 aliphatic heterocycles. The van der Waals surface area contributed by atoms with Gasteiger partial charge in [0.15, 0.2) is 0 Å². The number of hydrogen-bond donors (Lipinski definition) is 0. The molecule has 2 atom stereocenters. The van der Waals surface area contributed by atoms with Crippen LogP contribution in [0.25, 0.3) is 0 Å². The van der Waals surface area contributed by atoms with Crippen LogP contribution < -0.4 is 0 Å². The van der Waals surface area contributed by atoms with E-state index in [2.05, 4.69) is 4.98 Å². The largest absolute Gasteiger partial charge is 0.367 e. The van der Waals surface area contributed by atoms with E-state index in [1.54, 1.807) is 30.4 Å². The Bertz CT molecular complexity index is 897. The molecule has 1 aliphatic rings. The second kappa shape index (κ2) is 7.17. The van der Waals surface area contributed by atoms with Gasteiger partial charge in [-0.25, -0.2) is 18.2 Å². The van der Waals surface area contributed by atoms with Gasteiger partial charge in [0.05, 0.1) is 24.3 Å². The first-order chi connectivity index (χ1) is 12.6. The molecule has 134 valence electrons. The summed E-state index contributed by atoms with van der Waals surface area (Å²) in [6.45, 7) is 0.367. The number of thioether (sulfide) groups is 1. The fourth-order valence-corrected chi connectivity index (χ4v) is 4.43. The second-order valence-electron chi connectivity index (χ2n) is 6.03. The minimum atomic E-state index is -0.652. The summed E-state index contributed by atoms with van der Waals surface area (Å²) < 4.78 is 49.3. The summed E-state index contributed by atoms with van der Waals surface area (Å²) in [5.41, 5.74) is 0.584. The molecule has 1 aromatic heterocycles. The lowest BCUT2D eigenvalue weighted by Gasteiger charge is -2.21. The van der Waals surface area contributed by atoms with Crippen molar-refractivity contribution >= 4 is 11.8 Å². The predicted octanol–water partition coefficient (Wildman–Crippen LogP) is 4.73. The highest BCUT2D eigenvalue weighted by Gasteiger charge is 2.35. The highest BCUT2D eigenvalue weighted by Crippen LogP contribution is 2.47. The van der Waals surface area contributed by atoms with Crippen LogP contribution in [0.4, 0.5) is 13.2 Å². The monoisotopic (exact) mass is 376 g/mol. The molecule has 0 radical (unpaired) electrons. The van der Waals surface area contributed by atoms with Gasteiger partial charge in [0, 0.05) is 29.4 Å². The second-order valence-corrected chi connectivity index (χ2v) is 7.31. The van der Waals surface area contributed by atoms with Crippen molar-refractivity contribution in [2.24, 2.45) is 0 Å². The molecule has 0 N–H and O–H groups in total. The number of fused-ring (bicyclic) bond motifs is 1. The van der Waals surface area contributed by atoms with Gasteiger partial charge in [0.2, 0.25) is 0 Å². The zero-order valence-corrected chi connectivity index (χ0v) is 14.4. The molecule has 0 saturated carbocycles. The molecule has 26 heavy (non-hydrogen) atoms. The van der Waals surface area contributed by atoms with E-state index >= 15 is 0 Å². The predicted molar refractivity (Wildman–Crippen MR) is 92.2 cm³/mol. The molecule has 4 rings (SSSR count). The van der Waals surface area contributed by atoms with E-state index in [0.29, 0.717) is 12.1 Å². The maximum atomic E-state index is 13.9. The summed E-state index contributed by atoms with van der Waals surface area (Å²) in [7, 11) is 0. The maximum Gasteiger partial charge on any atom is 0.131 e. The zero-order valence-electron chi connectivity index (χ0n) is 13.6. The molecule has 0 saturated heterocycles. The first-order valence-electron chi connectivity index (χ1n) is 8.08. The summed E-state index contributed by atoms with van der Waals surface area (Å²) in [5.74, 6) is -1.67. The Morgan fingerprint density at radius 3 is 2.65 bits per heavy atom. The van der Waals surface area contributed by atoms with E-state index in [9.17, 15) is 13.2 Å². The number of nitrogens with zero attached hydrogens (tertiary/aromatic N) is 2. The molecular weight excluding hydrogens is 361 g/mol. The first-order valence-corrected chi connectivity index (χ1v) is 8.96. The molecular formula is C19H15F3N2OS. The van der Waals surface area contributed by atoms with Crippen LogP contribution in [0, 0.1) is 17.5 Å². The zero-order chi connectivity index (χ0) is 18.1. The number of hydrogen-bond acceptors (Lipinski definition) is 3. The van der Waals surface area contributed by atoms with E-state index < -0.39 is 17.7 Å². The molecule has 2 heterocycles. The molecule has 2 aromatic carbocycles. The summed E-state index contributed by atoms with van der Waals surface area (Å²) in [5, 5.41) is -0.0594. The molecule has 3 nitrogen and oxygen atoms in total. The number of halogens is 3. The fourth-order valence-electron chi connectivity index (χ4n) is 3.05. The molecule has 0 amide bonds. The van der Waals surface area contributed by atoms with E-state index in [1.807, 2.05) is 10.8 Å². The topological polar surface area (TPSA) is 27.1 Å². The van der Waals surface area contributed by atoms with E-state index in [4.69, 9.17) is 4.74 Å². The van der Waals surface area contributed by atoms with Crippen molar-refractivity contribution in [3.05, 3.63) is 83.7 Å². The Morgan fingerprint density at radius 2 is 1.92 bits per heavy atom. The van der Waals surface area contributed by atoms with Gasteiger partial charge < -0.3 is 9.30 Å². The number of benzene rings is 2. The number of imidazole rings is 1. The van der Waals surface area contributed by atoms with Crippen molar-refractivity contribution in [1.29, 1.82) is 0 Å². The average molecular weight is 376 g/mol. The van der Waals surface area contributed by atoms with Crippen LogP contribution in [0.2, 0.25) is 0 Å². The number of rotatable bonds is 5. The van der Waals surface area contributed by atoms with Crippen LogP contribution in [0.15, 0.2) is 60.0 Å². The summed E-state index contributed by atoms with van der Waals surface area (Å²) >= 11 is 1.57. The molecule has 7 heteroatoms. The van der Waals surface area contributed by atoms with Gasteiger partial charge in [-0.3, -0.25) is 0 Å². The van der Waals surface area contributed by atoms with Crippen LogP contribution in [-0.2, 0) is 17.9 Å². The first kappa shape index (κ1) is 17.2. The normalized spacial score (nSPS) is 18.9.